The van der Waals surface area contributed by atoms with Gasteiger partial charge in [0.05, 0.1) is 23.4 Å². The van der Waals surface area contributed by atoms with E-state index in [4.69, 9.17) is 16.2 Å². The van der Waals surface area contributed by atoms with E-state index in [2.05, 4.69) is 20.7 Å². The number of ketones is 1. The van der Waals surface area contributed by atoms with Crippen LogP contribution in [-0.4, -0.2) is 110 Å². The average Bonchev–Trinajstić information content (AvgIpc) is 4.06. The molecule has 73 heavy (non-hydrogen) atoms. The molecule has 0 aromatic heterocycles. The maximum atomic E-state index is 14.6. The Morgan fingerprint density at radius 1 is 0.822 bits per heavy atom. The first kappa shape index (κ1) is 61.5. The predicted molar refractivity (Wildman–Crippen MR) is 283 cm³/mol. The molecular formula is C54H84N8O10S. The summed E-state index contributed by atoms with van der Waals surface area (Å²) in [5, 5.41) is 8.60. The molecule has 0 spiro atoms. The highest BCUT2D eigenvalue weighted by molar-refractivity contribution is 7.89. The Balaban J connectivity index is 1.79. The first-order valence-corrected chi connectivity index (χ1v) is 26.7. The smallest absolute Gasteiger partial charge is 0.410 e. The zero-order chi connectivity index (χ0) is 55.6. The number of nitrogens with two attached hydrogens (primary N) is 2. The lowest BCUT2D eigenvalue weighted by Gasteiger charge is -2.42. The fourth-order valence-corrected chi connectivity index (χ4v) is 9.89. The van der Waals surface area contributed by atoms with Gasteiger partial charge in [-0.1, -0.05) is 123 Å². The molecule has 1 saturated carbocycles. The van der Waals surface area contributed by atoms with Crippen molar-refractivity contribution in [3.63, 3.8) is 0 Å². The van der Waals surface area contributed by atoms with Crippen molar-refractivity contribution in [2.75, 3.05) is 20.6 Å². The average molecular weight is 1040 g/mol. The Kier molecular flexibility index (Phi) is 21.0. The molecule has 0 aliphatic heterocycles. The second-order valence-corrected chi connectivity index (χ2v) is 24.7. The summed E-state index contributed by atoms with van der Waals surface area (Å²) in [7, 11) is -1.18. The molecule has 19 heteroatoms. The summed E-state index contributed by atoms with van der Waals surface area (Å²) in [5.41, 5.74) is 9.89. The summed E-state index contributed by atoms with van der Waals surface area (Å²) in [6, 6.07) is 11.6. The van der Waals surface area contributed by atoms with Crippen LogP contribution in [-0.2, 0) is 55.4 Å². The molecule has 0 saturated heterocycles. The molecule has 1 aliphatic rings. The van der Waals surface area contributed by atoms with E-state index < -0.39 is 97.7 Å². The number of nitrogens with one attached hydrogen (secondary N) is 4. The first-order chi connectivity index (χ1) is 33.5. The second kappa shape index (κ2) is 24.9. The van der Waals surface area contributed by atoms with Crippen LogP contribution in [0, 0.1) is 23.2 Å². The van der Waals surface area contributed by atoms with Gasteiger partial charge in [0, 0.05) is 44.0 Å². The van der Waals surface area contributed by atoms with Gasteiger partial charge >= 0.3 is 12.1 Å². The van der Waals surface area contributed by atoms with Crippen LogP contribution in [0.3, 0.4) is 0 Å². The minimum absolute atomic E-state index is 0.0408. The first-order valence-electron chi connectivity index (χ1n) is 25.1. The second-order valence-electron chi connectivity index (χ2n) is 23.0. The summed E-state index contributed by atoms with van der Waals surface area (Å²) in [5.74, 6) is -4.11. The Morgan fingerprint density at radius 2 is 1.40 bits per heavy atom. The SMILES string of the molecule is C/C(=C\[C@H](C(C)C)N(C)C(=O)[C@@H](NC(=O)[C@@H](N(C)C(=O)OC(C)(C)C)C(C)(C)c1ccccc1)C(C)(C)C)C(=O)NS(=O)(=O)Cc1ccc(C2(NC(=O)[C@H](CCCNC(N)=O)CC(=O)[C@@H](N)C(C)C)CC2)cc1. The van der Waals surface area contributed by atoms with Gasteiger partial charge in [0.25, 0.3) is 5.91 Å². The molecule has 7 amide bonds. The van der Waals surface area contributed by atoms with Crippen molar-refractivity contribution in [2.24, 2.45) is 34.6 Å². The minimum Gasteiger partial charge on any atom is -0.444 e. The molecule has 3 rings (SSSR count). The van der Waals surface area contributed by atoms with E-state index in [-0.39, 0.29) is 42.1 Å². The Morgan fingerprint density at radius 3 is 1.89 bits per heavy atom. The van der Waals surface area contributed by atoms with Crippen molar-refractivity contribution >= 4 is 51.6 Å². The maximum Gasteiger partial charge on any atom is 0.410 e. The van der Waals surface area contributed by atoms with Crippen LogP contribution in [0.4, 0.5) is 9.59 Å². The Hall–Kier alpha value is -5.82. The summed E-state index contributed by atoms with van der Waals surface area (Å²) < 4.78 is 34.8. The van der Waals surface area contributed by atoms with E-state index in [1.165, 1.54) is 29.8 Å². The fraction of sp³-hybridized carbons (Fsp3) is 0.611. The van der Waals surface area contributed by atoms with Gasteiger partial charge in [-0.05, 0) is 87.3 Å². The monoisotopic (exact) mass is 1040 g/mol. The molecule has 2 aromatic rings. The number of primary amides is 1. The fourth-order valence-electron chi connectivity index (χ4n) is 8.74. The molecule has 1 fully saturated rings. The van der Waals surface area contributed by atoms with Crippen LogP contribution < -0.4 is 32.1 Å². The molecule has 8 N–H and O–H groups in total. The van der Waals surface area contributed by atoms with E-state index in [1.54, 1.807) is 52.1 Å². The number of benzene rings is 2. The van der Waals surface area contributed by atoms with E-state index in [0.717, 1.165) is 11.1 Å². The van der Waals surface area contributed by atoms with Crippen molar-refractivity contribution in [1.82, 2.24) is 30.5 Å². The molecular weight excluding hydrogens is 953 g/mol. The lowest BCUT2D eigenvalue weighted by atomic mass is 9.76. The number of nitrogens with zero attached hydrogens (tertiary/aromatic N) is 2. The number of Topliss-reactive ketones (excluding diaryl/α,β-unsaturated/α-hetero) is 1. The minimum atomic E-state index is -4.24. The molecule has 406 valence electrons. The van der Waals surface area contributed by atoms with Gasteiger partial charge < -0.3 is 37.1 Å². The van der Waals surface area contributed by atoms with Gasteiger partial charge in [-0.25, -0.2) is 22.7 Å². The number of likely N-dealkylation sites (N-methyl/N-ethyl adjacent to an activating group) is 2. The Bertz CT molecular complexity index is 2420. The van der Waals surface area contributed by atoms with Crippen LogP contribution in [0.1, 0.15) is 139 Å². The third kappa shape index (κ3) is 17.7. The number of rotatable bonds is 24. The Labute approximate surface area is 434 Å². The van der Waals surface area contributed by atoms with Crippen molar-refractivity contribution in [1.29, 1.82) is 0 Å². The quantitative estimate of drug-likeness (QED) is 0.0531. The number of sulfonamides is 1. The van der Waals surface area contributed by atoms with Gasteiger partial charge in [-0.2, -0.15) is 0 Å². The van der Waals surface area contributed by atoms with Gasteiger partial charge in [0.1, 0.15) is 17.7 Å². The predicted octanol–water partition coefficient (Wildman–Crippen LogP) is 5.92. The van der Waals surface area contributed by atoms with Gasteiger partial charge in [-0.15, -0.1) is 0 Å². The molecule has 0 heterocycles. The number of amides is 7. The number of carbonyl (C=O) groups is 7. The zero-order valence-electron chi connectivity index (χ0n) is 45.8. The van der Waals surface area contributed by atoms with Crippen molar-refractivity contribution in [3.05, 3.63) is 82.9 Å². The molecule has 18 nitrogen and oxygen atoms in total. The standard InChI is InChI=1S/C54H84N8O10S/c1-33(2)40(61(14)48(67)43(51(6,7)8)58-47(66)44(62(15)50(69)72-52(9,10)11)53(12,13)38-21-17-16-18-22-38)30-35(5)45(64)60-73(70,71)32-36-23-25-39(26-24-36)54(27-28-54)59-46(65)37(20-19-29-57-49(56)68)31-41(63)42(55)34(3)4/h16-18,21-26,30,33-34,37,40,42-44H,19-20,27-29,31-32,55H2,1-15H3,(H,58,66)(H,59,65)(H,60,64)(H3,56,57,68)/b35-30+/t37-,40-,42+,43-,44-/m1/s1. The van der Waals surface area contributed by atoms with Gasteiger partial charge in [-0.3, -0.25) is 28.9 Å². The van der Waals surface area contributed by atoms with Crippen LogP contribution in [0.25, 0.3) is 0 Å². The molecule has 0 unspecified atom stereocenters. The highest BCUT2D eigenvalue weighted by atomic mass is 32.2. The van der Waals surface area contributed by atoms with Crippen molar-refractivity contribution < 1.29 is 46.7 Å². The number of ether oxygens (including phenoxy) is 1. The topological polar surface area (TPSA) is 270 Å². The largest absolute Gasteiger partial charge is 0.444 e. The molecule has 2 aromatic carbocycles. The van der Waals surface area contributed by atoms with Crippen molar-refractivity contribution in [3.8, 4) is 0 Å². The third-order valence-corrected chi connectivity index (χ3v) is 14.5. The molecule has 5 atom stereocenters. The van der Waals surface area contributed by atoms with Gasteiger partial charge in [0.2, 0.25) is 27.7 Å². The summed E-state index contributed by atoms with van der Waals surface area (Å²) in [6.45, 7) is 23.4. The van der Waals surface area contributed by atoms with Crippen LogP contribution >= 0.6 is 0 Å². The number of hydrogen-bond donors (Lipinski definition) is 6. The molecule has 1 aliphatic carbocycles. The normalized spacial score (nSPS) is 16.0. The lowest BCUT2D eigenvalue weighted by molar-refractivity contribution is -0.141. The van der Waals surface area contributed by atoms with E-state index in [1.807, 2.05) is 92.6 Å². The highest BCUT2D eigenvalue weighted by Gasteiger charge is 2.48. The maximum absolute atomic E-state index is 14.6. The number of hydrogen-bond acceptors (Lipinski definition) is 11. The number of carbonyl (C=O) groups excluding carboxylic acids is 7. The summed E-state index contributed by atoms with van der Waals surface area (Å²) in [4.78, 5) is 96.9. The van der Waals surface area contributed by atoms with Crippen LogP contribution in [0.2, 0.25) is 0 Å². The zero-order valence-corrected chi connectivity index (χ0v) is 46.6. The molecule has 0 radical (unpaired) electrons. The summed E-state index contributed by atoms with van der Waals surface area (Å²) >= 11 is 0. The van der Waals surface area contributed by atoms with E-state index in [0.29, 0.717) is 31.2 Å². The molecule has 0 bridgehead atoms. The van der Waals surface area contributed by atoms with Crippen LogP contribution in [0.5, 0.6) is 0 Å². The van der Waals surface area contributed by atoms with Gasteiger partial charge in [0.15, 0.2) is 5.78 Å². The number of urea groups is 1. The third-order valence-electron chi connectivity index (χ3n) is 13.3. The lowest BCUT2D eigenvalue weighted by Crippen LogP contribution is -2.63. The van der Waals surface area contributed by atoms with Crippen molar-refractivity contribution in [2.45, 2.75) is 169 Å². The summed E-state index contributed by atoms with van der Waals surface area (Å²) in [6.07, 6.45) is 2.72. The highest BCUT2D eigenvalue weighted by Crippen LogP contribution is 2.46. The van der Waals surface area contributed by atoms with E-state index >= 15 is 0 Å². The van der Waals surface area contributed by atoms with Crippen LogP contribution in [0.15, 0.2) is 66.2 Å². The van der Waals surface area contributed by atoms with E-state index in [9.17, 15) is 42.0 Å².